The van der Waals surface area contributed by atoms with Gasteiger partial charge in [0.1, 0.15) is 53.9 Å². The van der Waals surface area contributed by atoms with Crippen LogP contribution in [0.5, 0.6) is 11.5 Å². The summed E-state index contributed by atoms with van der Waals surface area (Å²) in [5, 5.41) is 4.76. The Labute approximate surface area is 480 Å². The first-order valence-corrected chi connectivity index (χ1v) is 30.0. The largest absolute Gasteiger partial charge is 0.497 e. The van der Waals surface area contributed by atoms with Gasteiger partial charge in [0, 0.05) is 13.2 Å². The summed E-state index contributed by atoms with van der Waals surface area (Å²) in [4.78, 5) is 26.8. The van der Waals surface area contributed by atoms with Crippen LogP contribution < -0.4 is 30.9 Å². The van der Waals surface area contributed by atoms with E-state index in [4.69, 9.17) is 48.5 Å². The molecule has 2 aromatic heterocycles. The predicted molar refractivity (Wildman–Crippen MR) is 321 cm³/mol. The fourth-order valence-electron chi connectivity index (χ4n) is 12.0. The van der Waals surface area contributed by atoms with Crippen molar-refractivity contribution in [2.75, 3.05) is 39.7 Å². The first-order valence-electron chi connectivity index (χ1n) is 28.1. The Bertz CT molecular complexity index is 3500. The third kappa shape index (κ3) is 11.0. The Morgan fingerprint density at radius 2 is 1.29 bits per heavy atom. The average Bonchev–Trinajstić information content (AvgIpc) is 2.00. The highest BCUT2D eigenvalue weighted by atomic mass is 28.4. The minimum Gasteiger partial charge on any atom is -0.497 e. The number of rotatable bonds is 22. The maximum absolute atomic E-state index is 13.1. The van der Waals surface area contributed by atoms with E-state index in [1.54, 1.807) is 20.5 Å². The number of alkyl carbamates (subject to hydrolysis) is 1. The summed E-state index contributed by atoms with van der Waals surface area (Å²) in [6.07, 6.45) is 2.60. The van der Waals surface area contributed by atoms with Gasteiger partial charge in [0.25, 0.3) is 8.32 Å². The van der Waals surface area contributed by atoms with Gasteiger partial charge >= 0.3 is 6.09 Å². The van der Waals surface area contributed by atoms with E-state index in [-0.39, 0.29) is 19.0 Å². The topological polar surface area (TPSA) is 163 Å². The number of imidazole rings is 1. The lowest BCUT2D eigenvalue weighted by molar-refractivity contribution is -0.0954. The summed E-state index contributed by atoms with van der Waals surface area (Å²) in [7, 11) is -0.0309. The molecule has 420 valence electrons. The van der Waals surface area contributed by atoms with Crippen molar-refractivity contribution >= 4 is 41.8 Å². The highest BCUT2D eigenvalue weighted by molar-refractivity contribution is 6.99. The number of nitrogen functional groups attached to an aromatic ring is 1. The molecule has 9 aromatic rings. The lowest BCUT2D eigenvalue weighted by Gasteiger charge is -2.46. The number of nitrogens with zero attached hydrogens (tertiary/aromatic N) is 4. The lowest BCUT2D eigenvalue weighted by atomic mass is 9.80. The van der Waals surface area contributed by atoms with E-state index in [1.807, 2.05) is 95.6 Å². The Hall–Kier alpha value is -8.18. The predicted octanol–water partition coefficient (Wildman–Crippen LogP) is 11.3. The van der Waals surface area contributed by atoms with Gasteiger partial charge in [0.05, 0.1) is 27.2 Å². The van der Waals surface area contributed by atoms with Gasteiger partial charge in [-0.1, -0.05) is 178 Å². The van der Waals surface area contributed by atoms with Crippen molar-refractivity contribution in [2.45, 2.75) is 88.2 Å². The summed E-state index contributed by atoms with van der Waals surface area (Å²) in [5.41, 5.74) is 14.8. The zero-order valence-electron chi connectivity index (χ0n) is 47.1. The van der Waals surface area contributed by atoms with E-state index in [2.05, 4.69) is 122 Å². The molecule has 3 heterocycles. The van der Waals surface area contributed by atoms with Crippen LogP contribution in [-0.4, -0.2) is 86.2 Å². The highest BCUT2D eigenvalue weighted by Crippen LogP contribution is 2.47. The third-order valence-electron chi connectivity index (χ3n) is 16.0. The fraction of sp³-hybridized carbons (Fsp3) is 0.284. The first kappa shape index (κ1) is 55.7. The number of aromatic nitrogens is 4. The van der Waals surface area contributed by atoms with Crippen molar-refractivity contribution in [3.63, 3.8) is 0 Å². The summed E-state index contributed by atoms with van der Waals surface area (Å²) in [6, 6.07) is 62.1. The number of anilines is 1. The van der Waals surface area contributed by atoms with Crippen molar-refractivity contribution in [3.05, 3.63) is 228 Å². The van der Waals surface area contributed by atoms with Crippen LogP contribution in [0.3, 0.4) is 0 Å². The quantitative estimate of drug-likeness (QED) is 0.0376. The molecule has 1 fully saturated rings. The number of carbonyl (C=O) groups is 1. The second-order valence-corrected chi connectivity index (χ2v) is 26.1. The molecule has 0 radical (unpaired) electrons. The van der Waals surface area contributed by atoms with Crippen LogP contribution in [0.2, 0.25) is 5.04 Å². The molecular formula is C67H70N6O8Si. The third-order valence-corrected chi connectivity index (χ3v) is 21.1. The molecule has 0 saturated carbocycles. The van der Waals surface area contributed by atoms with E-state index in [1.165, 1.54) is 28.6 Å². The second kappa shape index (κ2) is 24.5. The Morgan fingerprint density at radius 1 is 0.683 bits per heavy atom. The van der Waals surface area contributed by atoms with E-state index in [0.29, 0.717) is 48.7 Å². The van der Waals surface area contributed by atoms with Gasteiger partial charge in [0.2, 0.25) is 0 Å². The van der Waals surface area contributed by atoms with Gasteiger partial charge in [-0.05, 0) is 110 Å². The molecule has 2 aliphatic rings. The second-order valence-electron chi connectivity index (χ2n) is 21.9. The standard InChI is InChI=1S/C67H70N6O8Si/c1-66(2,3)82(53-25-12-7-13-26-53,54-27-14-8-15-28-54)81-60-58(43-79-67(48-23-10-6-11-24-48,49-31-35-51(75-4)36-32-49)50-33-37-52(76-5)38-34-50)80-64(73-45-72-59-62(68)70-44-71-63(59)73)61(60)77-40-19-9-18-39-69-65(74)78-42-47-22-20-30-56-55-29-17-16-21-46(55)41-57(47)56/h6-8,10-17,20-38,44-45,58,60-61,64H,9,18-19,39-43H2,1-5H3,(H,69,74)(H2,68,70,71)/t58-,60-,61-,64-/m1/s1. The first-order chi connectivity index (χ1) is 40.0. The molecule has 1 aliphatic carbocycles. The fourth-order valence-corrected chi connectivity index (χ4v) is 16.7. The number of ether oxygens (including phenoxy) is 6. The number of unbranched alkanes of at least 4 members (excludes halogenated alkanes) is 2. The number of methoxy groups -OCH3 is 2. The van der Waals surface area contributed by atoms with Gasteiger partial charge in [0.15, 0.2) is 17.7 Å². The number of hydrogen-bond acceptors (Lipinski definition) is 12. The van der Waals surface area contributed by atoms with Gasteiger partial charge in [-0.25, -0.2) is 19.7 Å². The summed E-state index contributed by atoms with van der Waals surface area (Å²) in [5.74, 6) is 1.67. The molecule has 3 N–H and O–H groups in total. The molecule has 1 amide bonds. The average molecular weight is 1120 g/mol. The van der Waals surface area contributed by atoms with Crippen molar-refractivity contribution in [1.29, 1.82) is 0 Å². The number of fused-ring (bicyclic) bond motifs is 4. The van der Waals surface area contributed by atoms with Crippen LogP contribution in [0.15, 0.2) is 195 Å². The number of nitrogens with one attached hydrogen (secondary N) is 1. The molecule has 0 unspecified atom stereocenters. The van der Waals surface area contributed by atoms with Crippen LogP contribution >= 0.6 is 0 Å². The maximum atomic E-state index is 13.1. The van der Waals surface area contributed by atoms with Crippen LogP contribution in [0.4, 0.5) is 10.6 Å². The summed E-state index contributed by atoms with van der Waals surface area (Å²) >= 11 is 0. The molecule has 1 saturated heterocycles. The number of amides is 1. The van der Waals surface area contributed by atoms with E-state index < -0.39 is 49.6 Å². The van der Waals surface area contributed by atoms with Crippen molar-refractivity contribution < 1.29 is 37.6 Å². The smallest absolute Gasteiger partial charge is 0.407 e. The Morgan fingerprint density at radius 3 is 1.94 bits per heavy atom. The van der Waals surface area contributed by atoms with E-state index >= 15 is 0 Å². The lowest BCUT2D eigenvalue weighted by Crippen LogP contribution is -2.69. The molecule has 7 aromatic carbocycles. The van der Waals surface area contributed by atoms with Gasteiger partial charge in [-0.3, -0.25) is 4.57 Å². The molecule has 82 heavy (non-hydrogen) atoms. The van der Waals surface area contributed by atoms with Crippen molar-refractivity contribution in [2.24, 2.45) is 0 Å². The molecule has 4 atom stereocenters. The SMILES string of the molecule is COc1ccc(C(OC[C@H]2O[C@@H](n3cnc4c(N)ncnc43)[C@H](OCCCCCNC(=O)OCc3cccc4c3Cc3ccccc3-4)[C@@H]2O[Si](c2ccccc2)(c2ccccc2)C(C)(C)C)(c2ccccc2)c2ccc(OC)cc2)cc1. The van der Waals surface area contributed by atoms with Crippen molar-refractivity contribution in [1.82, 2.24) is 24.8 Å². The van der Waals surface area contributed by atoms with Gasteiger partial charge in [-0.15, -0.1) is 0 Å². The van der Waals surface area contributed by atoms with E-state index in [9.17, 15) is 4.79 Å². The monoisotopic (exact) mass is 1110 g/mol. The molecule has 11 rings (SSSR count). The zero-order chi connectivity index (χ0) is 56.7. The van der Waals surface area contributed by atoms with Crippen LogP contribution in [-0.2, 0) is 42.0 Å². The highest BCUT2D eigenvalue weighted by Gasteiger charge is 2.58. The Kier molecular flexibility index (Phi) is 16.6. The zero-order valence-corrected chi connectivity index (χ0v) is 48.1. The molecule has 0 spiro atoms. The minimum atomic E-state index is -3.35. The maximum Gasteiger partial charge on any atom is 0.407 e. The number of nitrogens with two attached hydrogens (primary N) is 1. The number of benzene rings is 7. The molecule has 15 heteroatoms. The Balaban J connectivity index is 0.919. The molecular weight excluding hydrogens is 1040 g/mol. The normalized spacial score (nSPS) is 16.8. The number of carbonyl (C=O) groups excluding carboxylic acids is 1. The summed E-state index contributed by atoms with van der Waals surface area (Å²) < 4.78 is 49.7. The summed E-state index contributed by atoms with van der Waals surface area (Å²) in [6.45, 7) is 7.83. The molecule has 0 bridgehead atoms. The molecule has 14 nitrogen and oxygen atoms in total. The van der Waals surface area contributed by atoms with Crippen LogP contribution in [0.1, 0.15) is 79.6 Å². The van der Waals surface area contributed by atoms with Crippen LogP contribution in [0.25, 0.3) is 22.3 Å². The van der Waals surface area contributed by atoms with Crippen LogP contribution in [0, 0.1) is 0 Å². The minimum absolute atomic E-state index is 0.0398. The van der Waals surface area contributed by atoms with Crippen molar-refractivity contribution in [3.8, 4) is 22.6 Å². The molecule has 1 aliphatic heterocycles. The van der Waals surface area contributed by atoms with E-state index in [0.717, 1.165) is 45.5 Å². The van der Waals surface area contributed by atoms with Gasteiger partial charge in [-0.2, -0.15) is 0 Å². The van der Waals surface area contributed by atoms with Gasteiger partial charge < -0.3 is 43.9 Å². The number of hydrogen-bond donors (Lipinski definition) is 2.